The number of ether oxygens (including phenoxy) is 2. The number of aliphatic hydroxyl groups excluding tert-OH is 2. The molecular weight excluding hydrogens is 500 g/mol. The van der Waals surface area contributed by atoms with Gasteiger partial charge >= 0.3 is 7.82 Å². The Labute approximate surface area is 195 Å². The van der Waals surface area contributed by atoms with Gasteiger partial charge in [0.05, 0.1) is 18.8 Å². The number of amides is 1. The minimum absolute atomic E-state index is 0.0296. The van der Waals surface area contributed by atoms with Gasteiger partial charge in [-0.15, -0.1) is 0 Å². The van der Waals surface area contributed by atoms with Crippen molar-refractivity contribution in [2.24, 2.45) is 5.73 Å². The maximum atomic E-state index is 12.2. The smallest absolute Gasteiger partial charge is 0.478 e. The molecule has 1 amide bonds. The molecule has 0 saturated carbocycles. The van der Waals surface area contributed by atoms with Gasteiger partial charge in [-0.3, -0.25) is 18.4 Å². The third-order valence-electron chi connectivity index (χ3n) is 5.30. The zero-order chi connectivity index (χ0) is 25.4. The number of carbonyl (C=O) groups excluding carboxylic acids is 1. The van der Waals surface area contributed by atoms with Crippen LogP contribution in [0.25, 0.3) is 0 Å². The van der Waals surface area contributed by atoms with Gasteiger partial charge < -0.3 is 45.4 Å². The molecule has 194 valence electrons. The van der Waals surface area contributed by atoms with Gasteiger partial charge in [0.2, 0.25) is 0 Å². The standard InChI is InChI=1S/C17H29N3O12P2/c1-8-6-20(10(3)19-16(8)23)14-5-12(21)13(30-14)7-28-33(24,25)32-34(26,27)31-17-15(22)11(18)4-9(2)29-17/h6,9,11-15,17,21-22H,3-5,7,18H2,1-2H3,(H,19,23)(H,24,25)(H,26,27)/p-1/t9?,11-,12?,13+,14+,15?,17+/m0/s1. The van der Waals surface area contributed by atoms with Gasteiger partial charge in [-0.2, -0.15) is 0 Å². The van der Waals surface area contributed by atoms with E-state index in [-0.39, 0.29) is 24.6 Å². The summed E-state index contributed by atoms with van der Waals surface area (Å²) in [5.74, 6) is -0.138. The first-order valence-electron chi connectivity index (χ1n) is 10.2. The highest BCUT2D eigenvalue weighted by molar-refractivity contribution is 7.60. The van der Waals surface area contributed by atoms with E-state index < -0.39 is 65.2 Å². The Kier molecular flexibility index (Phi) is 8.40. The molecule has 15 nitrogen and oxygen atoms in total. The zero-order valence-corrected chi connectivity index (χ0v) is 20.2. The quantitative estimate of drug-likeness (QED) is 0.231. The molecule has 0 aliphatic carbocycles. The Hall–Kier alpha value is -1.19. The van der Waals surface area contributed by atoms with Crippen molar-refractivity contribution in [1.82, 2.24) is 10.2 Å². The zero-order valence-electron chi connectivity index (χ0n) is 18.4. The fourth-order valence-corrected chi connectivity index (χ4v) is 5.69. The Bertz CT molecular complexity index is 931. The molecule has 0 radical (unpaired) electrons. The summed E-state index contributed by atoms with van der Waals surface area (Å²) < 4.78 is 48.4. The molecular formula is C17H28N3O12P2-. The number of carbonyl (C=O) groups is 1. The van der Waals surface area contributed by atoms with Crippen molar-refractivity contribution in [2.45, 2.75) is 69.7 Å². The highest BCUT2D eigenvalue weighted by Crippen LogP contribution is 2.59. The first kappa shape index (κ1) is 27.4. The summed E-state index contributed by atoms with van der Waals surface area (Å²) in [5, 5.41) is 22.7. The molecule has 17 heteroatoms. The van der Waals surface area contributed by atoms with Crippen molar-refractivity contribution in [3.63, 3.8) is 0 Å². The van der Waals surface area contributed by atoms with Gasteiger partial charge in [-0.25, -0.2) is 8.88 Å². The van der Waals surface area contributed by atoms with Crippen molar-refractivity contribution in [3.8, 4) is 0 Å². The molecule has 0 aromatic heterocycles. The molecule has 0 spiro atoms. The monoisotopic (exact) mass is 528 g/mol. The summed E-state index contributed by atoms with van der Waals surface area (Å²) in [6.07, 6.45) is -5.14. The number of nitrogens with one attached hydrogen (secondary N) is 1. The van der Waals surface area contributed by atoms with E-state index in [0.717, 1.165) is 0 Å². The average Bonchev–Trinajstić information content (AvgIpc) is 3.06. The molecule has 0 bridgehead atoms. The molecule has 9 atom stereocenters. The number of aliphatic hydroxyl groups is 2. The lowest BCUT2D eigenvalue weighted by molar-refractivity contribution is -0.265. The second-order valence-corrected chi connectivity index (χ2v) is 11.1. The largest absolute Gasteiger partial charge is 0.756 e. The highest BCUT2D eigenvalue weighted by atomic mass is 31.3. The summed E-state index contributed by atoms with van der Waals surface area (Å²) in [6, 6.07) is -0.845. The fraction of sp³-hybridized carbons (Fsp3) is 0.706. The van der Waals surface area contributed by atoms with Crippen LogP contribution in [0.5, 0.6) is 0 Å². The molecule has 34 heavy (non-hydrogen) atoms. The van der Waals surface area contributed by atoms with Crippen LogP contribution < -0.4 is 15.9 Å². The lowest BCUT2D eigenvalue weighted by Gasteiger charge is -2.38. The van der Waals surface area contributed by atoms with Crippen LogP contribution >= 0.6 is 15.6 Å². The van der Waals surface area contributed by atoms with Crippen LogP contribution in [0, 0.1) is 0 Å². The van der Waals surface area contributed by atoms with E-state index in [1.165, 1.54) is 11.1 Å². The first-order valence-corrected chi connectivity index (χ1v) is 13.2. The number of nitrogens with two attached hydrogens (primary N) is 1. The van der Waals surface area contributed by atoms with Crippen LogP contribution in [0.15, 0.2) is 24.2 Å². The number of nitrogens with zero attached hydrogens (tertiary/aromatic N) is 1. The van der Waals surface area contributed by atoms with E-state index in [9.17, 15) is 33.9 Å². The second kappa shape index (κ2) is 10.4. The van der Waals surface area contributed by atoms with Gasteiger partial charge in [-0.05, 0) is 20.3 Å². The molecule has 3 heterocycles. The lowest BCUT2D eigenvalue weighted by Crippen LogP contribution is -2.52. The third kappa shape index (κ3) is 6.72. The Balaban J connectivity index is 1.55. The van der Waals surface area contributed by atoms with E-state index in [0.29, 0.717) is 5.57 Å². The highest BCUT2D eigenvalue weighted by Gasteiger charge is 2.42. The first-order chi connectivity index (χ1) is 15.7. The van der Waals surface area contributed by atoms with E-state index in [1.54, 1.807) is 13.8 Å². The summed E-state index contributed by atoms with van der Waals surface area (Å²) in [6.45, 7) is 6.12. The van der Waals surface area contributed by atoms with Crippen molar-refractivity contribution < 1.29 is 56.8 Å². The molecule has 0 aromatic carbocycles. The molecule has 2 saturated heterocycles. The SMILES string of the molecule is C=C1NC(=O)C(C)=CN1[C@H]1CC(O)[C@@H](COP(=O)(O)OP(=O)([O-])O[C@H]2OC(C)C[C@H](N)C2O)O1. The maximum absolute atomic E-state index is 12.2. The van der Waals surface area contributed by atoms with Crippen LogP contribution in [0.2, 0.25) is 0 Å². The summed E-state index contributed by atoms with van der Waals surface area (Å²) in [7, 11) is -10.8. The van der Waals surface area contributed by atoms with Gasteiger partial charge in [0.1, 0.15) is 24.3 Å². The number of hydrogen-bond donors (Lipinski definition) is 5. The Morgan fingerprint density at radius 1 is 1.35 bits per heavy atom. The topological polar surface area (TPSA) is 222 Å². The molecule has 3 rings (SSSR count). The van der Waals surface area contributed by atoms with Gasteiger partial charge in [-0.1, -0.05) is 6.58 Å². The van der Waals surface area contributed by atoms with Crippen molar-refractivity contribution in [3.05, 3.63) is 24.2 Å². The number of hydrogen-bond acceptors (Lipinski definition) is 13. The van der Waals surface area contributed by atoms with Gasteiger partial charge in [0, 0.05) is 24.2 Å². The molecule has 6 N–H and O–H groups in total. The predicted octanol–water partition coefficient (Wildman–Crippen LogP) is -1.29. The molecule has 3 aliphatic heterocycles. The van der Waals surface area contributed by atoms with Crippen molar-refractivity contribution in [2.75, 3.05) is 6.61 Å². The number of phosphoric acid groups is 2. The minimum Gasteiger partial charge on any atom is -0.756 e. The predicted molar refractivity (Wildman–Crippen MR) is 111 cm³/mol. The Morgan fingerprint density at radius 3 is 2.71 bits per heavy atom. The van der Waals surface area contributed by atoms with Crippen molar-refractivity contribution >= 4 is 21.6 Å². The fourth-order valence-electron chi connectivity index (χ4n) is 3.57. The molecule has 5 unspecified atom stereocenters. The third-order valence-corrected chi connectivity index (χ3v) is 7.87. The van der Waals surface area contributed by atoms with Crippen LogP contribution in [0.1, 0.15) is 26.7 Å². The molecule has 0 aromatic rings. The Morgan fingerprint density at radius 2 is 2.03 bits per heavy atom. The summed E-state index contributed by atoms with van der Waals surface area (Å²) >= 11 is 0. The van der Waals surface area contributed by atoms with E-state index >= 15 is 0 Å². The van der Waals surface area contributed by atoms with Crippen LogP contribution in [0.3, 0.4) is 0 Å². The van der Waals surface area contributed by atoms with Crippen LogP contribution in [-0.2, 0) is 36.8 Å². The maximum Gasteiger partial charge on any atom is 0.478 e. The summed E-state index contributed by atoms with van der Waals surface area (Å²) in [5.41, 5.74) is 6.05. The van der Waals surface area contributed by atoms with Crippen molar-refractivity contribution in [1.29, 1.82) is 0 Å². The average molecular weight is 528 g/mol. The summed E-state index contributed by atoms with van der Waals surface area (Å²) in [4.78, 5) is 35.0. The van der Waals surface area contributed by atoms with Gasteiger partial charge in [0.15, 0.2) is 6.29 Å². The molecule has 3 aliphatic rings. The van der Waals surface area contributed by atoms with E-state index in [4.69, 9.17) is 15.2 Å². The van der Waals surface area contributed by atoms with Crippen LogP contribution in [0.4, 0.5) is 0 Å². The number of rotatable bonds is 8. The number of phosphoric ester groups is 2. The molecule has 2 fully saturated rings. The van der Waals surface area contributed by atoms with Crippen LogP contribution in [-0.4, -0.2) is 75.5 Å². The minimum atomic E-state index is -5.50. The van der Waals surface area contributed by atoms with E-state index in [1.807, 2.05) is 0 Å². The lowest BCUT2D eigenvalue weighted by atomic mass is 10.0. The normalized spacial score (nSPS) is 38.1. The second-order valence-electron chi connectivity index (χ2n) is 8.16. The van der Waals surface area contributed by atoms with Gasteiger partial charge in [0.25, 0.3) is 13.7 Å². The van der Waals surface area contributed by atoms with E-state index in [2.05, 4.69) is 25.3 Å².